The number of nitrogens with zero attached hydrogens (tertiary/aromatic N) is 5. The highest BCUT2D eigenvalue weighted by Crippen LogP contribution is 2.31. The van der Waals surface area contributed by atoms with Crippen molar-refractivity contribution in [3.63, 3.8) is 0 Å². The third kappa shape index (κ3) is 6.30. The molecule has 164 valence electrons. The van der Waals surface area contributed by atoms with Crippen molar-refractivity contribution in [2.45, 2.75) is 39.3 Å². The molecule has 1 unspecified atom stereocenters. The van der Waals surface area contributed by atoms with E-state index in [9.17, 15) is 18.0 Å². The first kappa shape index (κ1) is 23.4. The molecule has 10 heteroatoms. The van der Waals surface area contributed by atoms with Crippen LogP contribution in [0.5, 0.6) is 0 Å². The number of hydrogen-bond donors (Lipinski definition) is 1. The Hall–Kier alpha value is -2.91. The Balaban J connectivity index is 2.38. The summed E-state index contributed by atoms with van der Waals surface area (Å²) in [6.07, 6.45) is -2.49. The summed E-state index contributed by atoms with van der Waals surface area (Å²) in [5, 5.41) is 2.86. The van der Waals surface area contributed by atoms with Crippen LogP contribution in [0.15, 0.2) is 24.4 Å². The molecule has 0 aromatic carbocycles. The molecule has 2 heterocycles. The monoisotopic (exact) mass is 424 g/mol. The van der Waals surface area contributed by atoms with E-state index in [0.29, 0.717) is 30.5 Å². The lowest BCUT2D eigenvalue weighted by molar-refractivity contribution is -0.137. The van der Waals surface area contributed by atoms with E-state index in [4.69, 9.17) is 0 Å². The molecule has 0 saturated heterocycles. The summed E-state index contributed by atoms with van der Waals surface area (Å²) in [5.41, 5.74) is -0.125. The molecule has 0 aliphatic rings. The number of nitrogens with one attached hydrogen (secondary N) is 1. The van der Waals surface area contributed by atoms with Gasteiger partial charge in [-0.05, 0) is 18.6 Å². The molecule has 0 bridgehead atoms. The SMILES string of the molecule is CCCN(C)c1nc(Nc2cc(C(F)(F)F)ccn2)cc(C(C)CN(C)C(C)=O)n1. The first-order valence-corrected chi connectivity index (χ1v) is 9.63. The molecule has 0 aliphatic heterocycles. The van der Waals surface area contributed by atoms with E-state index in [-0.39, 0.29) is 17.6 Å². The highest BCUT2D eigenvalue weighted by molar-refractivity contribution is 5.72. The molecule has 1 amide bonds. The van der Waals surface area contributed by atoms with E-state index in [2.05, 4.69) is 20.3 Å². The first-order valence-electron chi connectivity index (χ1n) is 9.63. The van der Waals surface area contributed by atoms with Crippen molar-refractivity contribution in [3.05, 3.63) is 35.7 Å². The second-order valence-electron chi connectivity index (χ2n) is 7.25. The van der Waals surface area contributed by atoms with Crippen LogP contribution < -0.4 is 10.2 Å². The van der Waals surface area contributed by atoms with Gasteiger partial charge >= 0.3 is 6.18 Å². The summed E-state index contributed by atoms with van der Waals surface area (Å²) in [4.78, 5) is 28.0. The van der Waals surface area contributed by atoms with Crippen molar-refractivity contribution in [2.75, 3.05) is 37.4 Å². The Morgan fingerprint density at radius 2 is 1.90 bits per heavy atom. The molecule has 2 rings (SSSR count). The van der Waals surface area contributed by atoms with Gasteiger partial charge in [-0.15, -0.1) is 0 Å². The molecule has 1 atom stereocenters. The molecule has 0 spiro atoms. The Morgan fingerprint density at radius 1 is 1.20 bits per heavy atom. The van der Waals surface area contributed by atoms with E-state index in [1.54, 1.807) is 18.0 Å². The van der Waals surface area contributed by atoms with Gasteiger partial charge in [-0.25, -0.2) is 9.97 Å². The molecule has 0 radical (unpaired) electrons. The average Bonchev–Trinajstić information content (AvgIpc) is 2.67. The van der Waals surface area contributed by atoms with Crippen LogP contribution in [0.1, 0.15) is 44.4 Å². The van der Waals surface area contributed by atoms with E-state index < -0.39 is 11.7 Å². The fraction of sp³-hybridized carbons (Fsp3) is 0.500. The molecular formula is C20H27F3N6O. The van der Waals surface area contributed by atoms with Gasteiger partial charge in [0.25, 0.3) is 0 Å². The number of rotatable bonds is 8. The molecule has 30 heavy (non-hydrogen) atoms. The number of halogens is 3. The van der Waals surface area contributed by atoms with Crippen LogP contribution >= 0.6 is 0 Å². The fourth-order valence-electron chi connectivity index (χ4n) is 2.81. The number of amides is 1. The van der Waals surface area contributed by atoms with Gasteiger partial charge in [-0.3, -0.25) is 4.79 Å². The summed E-state index contributed by atoms with van der Waals surface area (Å²) in [7, 11) is 3.55. The number of pyridine rings is 1. The minimum atomic E-state index is -4.46. The molecular weight excluding hydrogens is 397 g/mol. The van der Waals surface area contributed by atoms with Crippen molar-refractivity contribution in [1.82, 2.24) is 19.9 Å². The molecule has 0 fully saturated rings. The smallest absolute Gasteiger partial charge is 0.345 e. The average molecular weight is 424 g/mol. The number of anilines is 3. The second kappa shape index (κ2) is 9.73. The Bertz CT molecular complexity index is 874. The third-order valence-electron chi connectivity index (χ3n) is 4.57. The predicted molar refractivity (Wildman–Crippen MR) is 110 cm³/mol. The highest BCUT2D eigenvalue weighted by atomic mass is 19.4. The maximum atomic E-state index is 13.0. The van der Waals surface area contributed by atoms with Gasteiger partial charge < -0.3 is 15.1 Å². The van der Waals surface area contributed by atoms with Crippen molar-refractivity contribution in [1.29, 1.82) is 0 Å². The topological polar surface area (TPSA) is 74.2 Å². The van der Waals surface area contributed by atoms with E-state index in [0.717, 1.165) is 24.8 Å². The summed E-state index contributed by atoms with van der Waals surface area (Å²) < 4.78 is 39.0. The zero-order valence-electron chi connectivity index (χ0n) is 17.8. The zero-order valence-corrected chi connectivity index (χ0v) is 17.8. The number of aromatic nitrogens is 3. The third-order valence-corrected chi connectivity index (χ3v) is 4.57. The van der Waals surface area contributed by atoms with Crippen LogP contribution in [0.4, 0.5) is 30.8 Å². The lowest BCUT2D eigenvalue weighted by atomic mass is 10.1. The molecule has 7 nitrogen and oxygen atoms in total. The standard InChI is InChI=1S/C20H27F3N6O/c1-6-9-28(4)19-25-16(13(2)12-29(5)14(3)30)11-18(27-19)26-17-10-15(7-8-24-17)20(21,22)23/h7-8,10-11,13H,6,9,12H2,1-5H3,(H,24,25,26,27). The quantitative estimate of drug-likeness (QED) is 0.689. The Kier molecular flexibility index (Phi) is 7.58. The van der Waals surface area contributed by atoms with Gasteiger partial charge in [0.15, 0.2) is 0 Å². The minimum absolute atomic E-state index is 0.0343. The van der Waals surface area contributed by atoms with Crippen LogP contribution in [-0.4, -0.2) is 52.9 Å². The lowest BCUT2D eigenvalue weighted by Crippen LogP contribution is -2.29. The summed E-state index contributed by atoms with van der Waals surface area (Å²) in [5.74, 6) is 0.645. The number of carbonyl (C=O) groups is 1. The molecule has 1 N–H and O–H groups in total. The van der Waals surface area contributed by atoms with Gasteiger partial charge in [0.2, 0.25) is 11.9 Å². The summed E-state index contributed by atoms with van der Waals surface area (Å²) in [6.45, 7) is 6.60. The first-order chi connectivity index (χ1) is 14.0. The van der Waals surface area contributed by atoms with Crippen molar-refractivity contribution in [2.24, 2.45) is 0 Å². The zero-order chi connectivity index (χ0) is 22.5. The van der Waals surface area contributed by atoms with Crippen molar-refractivity contribution < 1.29 is 18.0 Å². The van der Waals surface area contributed by atoms with Gasteiger partial charge in [-0.1, -0.05) is 13.8 Å². The summed E-state index contributed by atoms with van der Waals surface area (Å²) >= 11 is 0. The maximum absolute atomic E-state index is 13.0. The number of hydrogen-bond acceptors (Lipinski definition) is 6. The highest BCUT2D eigenvalue weighted by Gasteiger charge is 2.30. The Labute approximate surface area is 174 Å². The van der Waals surface area contributed by atoms with E-state index in [1.807, 2.05) is 25.8 Å². The van der Waals surface area contributed by atoms with Gasteiger partial charge in [-0.2, -0.15) is 18.2 Å². The van der Waals surface area contributed by atoms with Gasteiger partial charge in [0.05, 0.1) is 11.3 Å². The van der Waals surface area contributed by atoms with Crippen molar-refractivity contribution >= 4 is 23.5 Å². The Morgan fingerprint density at radius 3 is 2.50 bits per heavy atom. The molecule has 2 aromatic rings. The van der Waals surface area contributed by atoms with Crippen LogP contribution in [0.25, 0.3) is 0 Å². The van der Waals surface area contributed by atoms with E-state index >= 15 is 0 Å². The minimum Gasteiger partial charge on any atom is -0.345 e. The van der Waals surface area contributed by atoms with Crippen LogP contribution in [-0.2, 0) is 11.0 Å². The van der Waals surface area contributed by atoms with Crippen LogP contribution in [0.3, 0.4) is 0 Å². The van der Waals surface area contributed by atoms with Crippen LogP contribution in [0.2, 0.25) is 0 Å². The van der Waals surface area contributed by atoms with Crippen molar-refractivity contribution in [3.8, 4) is 0 Å². The number of alkyl halides is 3. The number of carbonyl (C=O) groups excluding carboxylic acids is 1. The summed E-state index contributed by atoms with van der Waals surface area (Å²) in [6, 6.07) is 3.52. The largest absolute Gasteiger partial charge is 0.416 e. The maximum Gasteiger partial charge on any atom is 0.416 e. The second-order valence-corrected chi connectivity index (χ2v) is 7.25. The lowest BCUT2D eigenvalue weighted by Gasteiger charge is -2.23. The predicted octanol–water partition coefficient (Wildman–Crippen LogP) is 4.06. The normalized spacial score (nSPS) is 12.4. The van der Waals surface area contributed by atoms with Gasteiger partial charge in [0, 0.05) is 52.3 Å². The number of likely N-dealkylation sites (N-methyl/N-ethyl adjacent to an activating group) is 1. The molecule has 0 saturated carbocycles. The van der Waals surface area contributed by atoms with Crippen LogP contribution in [0, 0.1) is 0 Å². The van der Waals surface area contributed by atoms with E-state index in [1.165, 1.54) is 6.92 Å². The molecule has 0 aliphatic carbocycles. The fourth-order valence-corrected chi connectivity index (χ4v) is 2.81. The van der Waals surface area contributed by atoms with Gasteiger partial charge in [0.1, 0.15) is 11.6 Å². The molecule has 2 aromatic heterocycles.